The maximum absolute atomic E-state index is 12.4. The predicted molar refractivity (Wildman–Crippen MR) is 47.2 cm³/mol. The van der Waals surface area contributed by atoms with E-state index in [2.05, 4.69) is 0 Å². The molecular formula is C10H13FO. The Balaban J connectivity index is 2.94. The number of ether oxygens (including phenoxy) is 1. The molecule has 0 atom stereocenters. The molecule has 1 rings (SSSR count). The number of benzene rings is 1. The number of alkyl halides is 1. The highest BCUT2D eigenvalue weighted by molar-refractivity contribution is 5.36. The van der Waals surface area contributed by atoms with Crippen LogP contribution in [-0.2, 0) is 6.67 Å². The van der Waals surface area contributed by atoms with E-state index in [0.717, 1.165) is 5.56 Å². The molecule has 0 spiro atoms. The molecule has 0 radical (unpaired) electrons. The minimum absolute atomic E-state index is 0.461. The fraction of sp³-hybridized carbons (Fsp3) is 0.400. The van der Waals surface area contributed by atoms with Crippen LogP contribution in [0.3, 0.4) is 0 Å². The summed E-state index contributed by atoms with van der Waals surface area (Å²) in [6, 6.07) is 5.54. The van der Waals surface area contributed by atoms with Crippen LogP contribution in [0.15, 0.2) is 18.2 Å². The van der Waals surface area contributed by atoms with E-state index in [4.69, 9.17) is 4.74 Å². The van der Waals surface area contributed by atoms with Crippen LogP contribution in [0.2, 0.25) is 0 Å². The normalized spacial score (nSPS) is 9.92. The lowest BCUT2D eigenvalue weighted by atomic mass is 10.1. The minimum atomic E-state index is -0.461. The van der Waals surface area contributed by atoms with Crippen molar-refractivity contribution in [3.8, 4) is 5.75 Å². The average Bonchev–Trinajstić information content (AvgIpc) is 2.08. The first kappa shape index (κ1) is 9.04. The van der Waals surface area contributed by atoms with E-state index >= 15 is 0 Å². The molecule has 0 unspecified atom stereocenters. The van der Waals surface area contributed by atoms with Crippen LogP contribution in [0, 0.1) is 6.92 Å². The van der Waals surface area contributed by atoms with Crippen LogP contribution in [0.25, 0.3) is 0 Å². The Bertz CT molecular complexity index is 258. The molecule has 0 aromatic heterocycles. The third-order valence-corrected chi connectivity index (χ3v) is 1.66. The molecule has 1 aromatic carbocycles. The molecule has 12 heavy (non-hydrogen) atoms. The van der Waals surface area contributed by atoms with Gasteiger partial charge in [0.05, 0.1) is 6.61 Å². The highest BCUT2D eigenvalue weighted by Crippen LogP contribution is 2.20. The Morgan fingerprint density at radius 1 is 1.42 bits per heavy atom. The van der Waals surface area contributed by atoms with Crippen LogP contribution in [0.4, 0.5) is 4.39 Å². The van der Waals surface area contributed by atoms with Crippen molar-refractivity contribution in [1.82, 2.24) is 0 Å². The molecule has 0 aliphatic carbocycles. The van der Waals surface area contributed by atoms with E-state index in [1.165, 1.54) is 0 Å². The van der Waals surface area contributed by atoms with E-state index in [1.807, 2.05) is 32.0 Å². The Hall–Kier alpha value is -1.05. The second-order valence-corrected chi connectivity index (χ2v) is 2.68. The third-order valence-electron chi connectivity index (χ3n) is 1.66. The molecule has 2 heteroatoms. The van der Waals surface area contributed by atoms with Crippen LogP contribution in [0.1, 0.15) is 18.1 Å². The summed E-state index contributed by atoms with van der Waals surface area (Å²) in [6.07, 6.45) is 0. The van der Waals surface area contributed by atoms with Crippen molar-refractivity contribution in [2.45, 2.75) is 20.5 Å². The molecular weight excluding hydrogens is 155 g/mol. The Labute approximate surface area is 72.2 Å². The standard InChI is InChI=1S/C10H13FO/c1-3-12-10-5-4-8(2)6-9(10)7-11/h4-6H,3,7H2,1-2H3. The van der Waals surface area contributed by atoms with Crippen molar-refractivity contribution in [2.75, 3.05) is 6.61 Å². The second kappa shape index (κ2) is 4.10. The van der Waals surface area contributed by atoms with Crippen molar-refractivity contribution in [3.05, 3.63) is 29.3 Å². The number of hydrogen-bond acceptors (Lipinski definition) is 1. The Morgan fingerprint density at radius 2 is 2.17 bits per heavy atom. The fourth-order valence-corrected chi connectivity index (χ4v) is 1.11. The molecule has 0 fully saturated rings. The summed E-state index contributed by atoms with van der Waals surface area (Å²) in [5.74, 6) is 0.658. The topological polar surface area (TPSA) is 9.23 Å². The van der Waals surface area contributed by atoms with E-state index in [9.17, 15) is 4.39 Å². The monoisotopic (exact) mass is 168 g/mol. The lowest BCUT2D eigenvalue weighted by Crippen LogP contribution is -1.95. The first-order valence-electron chi connectivity index (χ1n) is 4.06. The SMILES string of the molecule is CCOc1ccc(C)cc1CF. The van der Waals surface area contributed by atoms with Crippen molar-refractivity contribution in [1.29, 1.82) is 0 Å². The van der Waals surface area contributed by atoms with Crippen LogP contribution >= 0.6 is 0 Å². The van der Waals surface area contributed by atoms with Gasteiger partial charge in [0.25, 0.3) is 0 Å². The molecule has 0 N–H and O–H groups in total. The van der Waals surface area contributed by atoms with Gasteiger partial charge in [0, 0.05) is 5.56 Å². The van der Waals surface area contributed by atoms with Gasteiger partial charge in [-0.1, -0.05) is 11.6 Å². The zero-order valence-corrected chi connectivity index (χ0v) is 7.43. The summed E-state index contributed by atoms with van der Waals surface area (Å²) in [5, 5.41) is 0. The van der Waals surface area contributed by atoms with Gasteiger partial charge in [0.2, 0.25) is 0 Å². The van der Waals surface area contributed by atoms with E-state index < -0.39 is 6.67 Å². The molecule has 0 amide bonds. The number of rotatable bonds is 3. The Kier molecular flexibility index (Phi) is 3.09. The lowest BCUT2D eigenvalue weighted by Gasteiger charge is -2.07. The van der Waals surface area contributed by atoms with Crippen molar-refractivity contribution >= 4 is 0 Å². The second-order valence-electron chi connectivity index (χ2n) is 2.68. The Morgan fingerprint density at radius 3 is 2.75 bits per heavy atom. The summed E-state index contributed by atoms with van der Waals surface area (Å²) in [7, 11) is 0. The number of hydrogen-bond donors (Lipinski definition) is 0. The van der Waals surface area contributed by atoms with Crippen molar-refractivity contribution in [3.63, 3.8) is 0 Å². The summed E-state index contributed by atoms with van der Waals surface area (Å²) < 4.78 is 17.7. The molecule has 0 aliphatic heterocycles. The molecule has 0 heterocycles. The van der Waals surface area contributed by atoms with E-state index in [0.29, 0.717) is 17.9 Å². The largest absolute Gasteiger partial charge is 0.493 e. The predicted octanol–water partition coefficient (Wildman–Crippen LogP) is 2.86. The molecule has 66 valence electrons. The van der Waals surface area contributed by atoms with Gasteiger partial charge < -0.3 is 4.74 Å². The third kappa shape index (κ3) is 1.97. The first-order chi connectivity index (χ1) is 5.77. The van der Waals surface area contributed by atoms with Gasteiger partial charge >= 0.3 is 0 Å². The van der Waals surface area contributed by atoms with E-state index in [1.54, 1.807) is 0 Å². The highest BCUT2D eigenvalue weighted by Gasteiger charge is 2.01. The summed E-state index contributed by atoms with van der Waals surface area (Å²) in [6.45, 7) is 3.95. The van der Waals surface area contributed by atoms with Crippen LogP contribution in [-0.4, -0.2) is 6.61 Å². The molecule has 0 saturated carbocycles. The zero-order chi connectivity index (χ0) is 8.97. The quantitative estimate of drug-likeness (QED) is 0.674. The first-order valence-corrected chi connectivity index (χ1v) is 4.06. The molecule has 0 aliphatic rings. The smallest absolute Gasteiger partial charge is 0.125 e. The lowest BCUT2D eigenvalue weighted by molar-refractivity contribution is 0.330. The van der Waals surface area contributed by atoms with E-state index in [-0.39, 0.29) is 0 Å². The van der Waals surface area contributed by atoms with Gasteiger partial charge in [-0.05, 0) is 26.0 Å². The van der Waals surface area contributed by atoms with Gasteiger partial charge in [0.1, 0.15) is 12.4 Å². The average molecular weight is 168 g/mol. The summed E-state index contributed by atoms with van der Waals surface area (Å²) in [4.78, 5) is 0. The minimum Gasteiger partial charge on any atom is -0.493 e. The summed E-state index contributed by atoms with van der Waals surface area (Å²) in [5.41, 5.74) is 1.70. The van der Waals surface area contributed by atoms with Crippen molar-refractivity contribution in [2.24, 2.45) is 0 Å². The van der Waals surface area contributed by atoms with Gasteiger partial charge in [0.15, 0.2) is 0 Å². The highest BCUT2D eigenvalue weighted by atomic mass is 19.1. The number of halogens is 1. The molecule has 1 aromatic rings. The fourth-order valence-electron chi connectivity index (χ4n) is 1.11. The maximum atomic E-state index is 12.4. The van der Waals surface area contributed by atoms with Crippen molar-refractivity contribution < 1.29 is 9.13 Å². The van der Waals surface area contributed by atoms with Gasteiger partial charge in [-0.2, -0.15) is 0 Å². The van der Waals surface area contributed by atoms with Gasteiger partial charge in [-0.3, -0.25) is 0 Å². The maximum Gasteiger partial charge on any atom is 0.125 e. The molecule has 0 saturated heterocycles. The number of aryl methyl sites for hydroxylation is 1. The van der Waals surface area contributed by atoms with Gasteiger partial charge in [-0.25, -0.2) is 4.39 Å². The van der Waals surface area contributed by atoms with Gasteiger partial charge in [-0.15, -0.1) is 0 Å². The van der Waals surface area contributed by atoms with Crippen LogP contribution < -0.4 is 4.74 Å². The molecule has 0 bridgehead atoms. The van der Waals surface area contributed by atoms with Crippen LogP contribution in [0.5, 0.6) is 5.75 Å². The summed E-state index contributed by atoms with van der Waals surface area (Å²) >= 11 is 0. The zero-order valence-electron chi connectivity index (χ0n) is 7.43. The molecule has 1 nitrogen and oxygen atoms in total.